The van der Waals surface area contributed by atoms with Crippen molar-refractivity contribution in [3.8, 4) is 0 Å². The minimum absolute atomic E-state index is 0.119. The summed E-state index contributed by atoms with van der Waals surface area (Å²) in [5, 5.41) is 0. The summed E-state index contributed by atoms with van der Waals surface area (Å²) < 4.78 is 24.8. The SMILES string of the molecule is CCC[SiH](OC(CC)OCC)C(O[Si](C)(C)C)O[Si](C)(C)C. The Labute approximate surface area is 141 Å². The summed E-state index contributed by atoms with van der Waals surface area (Å²) in [7, 11) is -5.02. The molecule has 0 aromatic rings. The van der Waals surface area contributed by atoms with Crippen LogP contribution in [-0.4, -0.2) is 44.5 Å². The molecular formula is C15H38O4Si3. The van der Waals surface area contributed by atoms with Crippen molar-refractivity contribution >= 4 is 25.7 Å². The molecule has 7 heteroatoms. The lowest BCUT2D eigenvalue weighted by molar-refractivity contribution is -0.0910. The van der Waals surface area contributed by atoms with Crippen LogP contribution in [0.5, 0.6) is 0 Å². The fourth-order valence-corrected chi connectivity index (χ4v) is 9.08. The smallest absolute Gasteiger partial charge is 0.239 e. The predicted molar refractivity (Wildman–Crippen MR) is 102 cm³/mol. The van der Waals surface area contributed by atoms with Crippen molar-refractivity contribution in [1.82, 2.24) is 0 Å². The number of hydrogen-bond donors (Lipinski definition) is 0. The molecule has 0 bridgehead atoms. The lowest BCUT2D eigenvalue weighted by Gasteiger charge is -2.36. The average molecular weight is 367 g/mol. The lowest BCUT2D eigenvalue weighted by Crippen LogP contribution is -2.50. The first-order valence-electron chi connectivity index (χ1n) is 8.65. The highest BCUT2D eigenvalue weighted by atomic mass is 28.4. The molecule has 0 aliphatic carbocycles. The molecule has 0 saturated heterocycles. The Balaban J connectivity index is 5.10. The molecule has 0 N–H and O–H groups in total. The summed E-state index contributed by atoms with van der Waals surface area (Å²) in [6, 6.07) is 1.06. The third kappa shape index (κ3) is 11.1. The topological polar surface area (TPSA) is 36.9 Å². The van der Waals surface area contributed by atoms with Crippen LogP contribution in [0.25, 0.3) is 0 Å². The summed E-state index contributed by atoms with van der Waals surface area (Å²) >= 11 is 0. The Kier molecular flexibility index (Phi) is 10.6. The van der Waals surface area contributed by atoms with E-state index in [9.17, 15) is 0 Å². The maximum atomic E-state index is 6.38. The second-order valence-electron chi connectivity index (χ2n) is 7.59. The molecule has 0 rings (SSSR count). The highest BCUT2D eigenvalue weighted by Gasteiger charge is 2.35. The van der Waals surface area contributed by atoms with E-state index in [-0.39, 0.29) is 12.2 Å². The van der Waals surface area contributed by atoms with E-state index in [2.05, 4.69) is 53.1 Å². The molecule has 0 aliphatic heterocycles. The van der Waals surface area contributed by atoms with Gasteiger partial charge in [-0.15, -0.1) is 0 Å². The zero-order chi connectivity index (χ0) is 17.4. The molecule has 134 valence electrons. The molecule has 2 unspecified atom stereocenters. The normalized spacial score (nSPS) is 16.1. The number of rotatable bonds is 12. The largest absolute Gasteiger partial charge is 0.395 e. The van der Waals surface area contributed by atoms with Gasteiger partial charge in [0, 0.05) is 6.61 Å². The molecule has 0 aliphatic rings. The van der Waals surface area contributed by atoms with Crippen LogP contribution in [-0.2, 0) is 18.0 Å². The van der Waals surface area contributed by atoms with Gasteiger partial charge in [0.05, 0.1) is 0 Å². The van der Waals surface area contributed by atoms with Crippen molar-refractivity contribution in [2.24, 2.45) is 0 Å². The Morgan fingerprint density at radius 1 is 0.864 bits per heavy atom. The van der Waals surface area contributed by atoms with Gasteiger partial charge in [-0.05, 0) is 58.7 Å². The Morgan fingerprint density at radius 2 is 1.36 bits per heavy atom. The molecular weight excluding hydrogens is 328 g/mol. The first kappa shape index (κ1) is 22.5. The van der Waals surface area contributed by atoms with E-state index >= 15 is 0 Å². The summed E-state index contributed by atoms with van der Waals surface area (Å²) in [6.45, 7) is 20.3. The van der Waals surface area contributed by atoms with Crippen LogP contribution >= 0.6 is 0 Å². The lowest BCUT2D eigenvalue weighted by atomic mass is 10.5. The molecule has 0 amide bonds. The van der Waals surface area contributed by atoms with E-state index in [1.165, 1.54) is 0 Å². The predicted octanol–water partition coefficient (Wildman–Crippen LogP) is 4.48. The third-order valence-electron chi connectivity index (χ3n) is 2.83. The number of ether oxygens (including phenoxy) is 1. The van der Waals surface area contributed by atoms with E-state index in [0.29, 0.717) is 6.61 Å². The van der Waals surface area contributed by atoms with Crippen molar-refractivity contribution in [3.63, 3.8) is 0 Å². The first-order valence-corrected chi connectivity index (χ1v) is 17.4. The van der Waals surface area contributed by atoms with Crippen molar-refractivity contribution in [2.75, 3.05) is 6.61 Å². The molecule has 4 nitrogen and oxygen atoms in total. The zero-order valence-electron chi connectivity index (χ0n) is 16.2. The van der Waals surface area contributed by atoms with E-state index in [1.807, 2.05) is 6.92 Å². The van der Waals surface area contributed by atoms with Gasteiger partial charge in [-0.25, -0.2) is 0 Å². The van der Waals surface area contributed by atoms with Gasteiger partial charge in [0.1, 0.15) is 12.2 Å². The monoisotopic (exact) mass is 366 g/mol. The van der Waals surface area contributed by atoms with Gasteiger partial charge in [0.15, 0.2) is 16.6 Å². The Hall–Kier alpha value is 0.491. The first-order chi connectivity index (χ1) is 10.0. The molecule has 0 fully saturated rings. The van der Waals surface area contributed by atoms with Crippen molar-refractivity contribution in [1.29, 1.82) is 0 Å². The van der Waals surface area contributed by atoms with Gasteiger partial charge in [-0.3, -0.25) is 0 Å². The standard InChI is InChI=1S/C15H38O4Si3/c1-10-13-20(17-14(11-2)16-12-3)15(18-21(4,5)6)19-22(7,8)9/h14-15,20H,10-13H2,1-9H3. The highest BCUT2D eigenvalue weighted by molar-refractivity contribution is 6.72. The fraction of sp³-hybridized carbons (Fsp3) is 1.00. The molecule has 0 saturated carbocycles. The van der Waals surface area contributed by atoms with Gasteiger partial charge >= 0.3 is 0 Å². The average Bonchev–Trinajstić information content (AvgIpc) is 2.33. The van der Waals surface area contributed by atoms with Crippen molar-refractivity contribution in [2.45, 2.75) is 91.1 Å². The molecule has 0 spiro atoms. The molecule has 0 radical (unpaired) electrons. The van der Waals surface area contributed by atoms with E-state index in [0.717, 1.165) is 18.9 Å². The molecule has 0 heterocycles. The number of hydrogen-bond acceptors (Lipinski definition) is 4. The van der Waals surface area contributed by atoms with Gasteiger partial charge in [0.2, 0.25) is 9.04 Å². The Bertz CT molecular complexity index is 273. The van der Waals surface area contributed by atoms with E-state index in [4.69, 9.17) is 18.0 Å². The van der Waals surface area contributed by atoms with Gasteiger partial charge in [-0.1, -0.05) is 20.3 Å². The minimum atomic E-state index is -1.68. The van der Waals surface area contributed by atoms with Gasteiger partial charge in [0.25, 0.3) is 0 Å². The van der Waals surface area contributed by atoms with Crippen LogP contribution in [0, 0.1) is 0 Å². The molecule has 2 atom stereocenters. The quantitative estimate of drug-likeness (QED) is 0.377. The zero-order valence-corrected chi connectivity index (χ0v) is 19.3. The second-order valence-corrected chi connectivity index (χ2v) is 19.0. The van der Waals surface area contributed by atoms with E-state index in [1.54, 1.807) is 0 Å². The minimum Gasteiger partial charge on any atom is -0.395 e. The highest BCUT2D eigenvalue weighted by Crippen LogP contribution is 2.21. The van der Waals surface area contributed by atoms with Crippen molar-refractivity contribution < 1.29 is 18.0 Å². The maximum Gasteiger partial charge on any atom is 0.239 e. The van der Waals surface area contributed by atoms with Crippen LogP contribution in [0.15, 0.2) is 0 Å². The van der Waals surface area contributed by atoms with Crippen LogP contribution in [0.3, 0.4) is 0 Å². The Morgan fingerprint density at radius 3 is 1.68 bits per heavy atom. The van der Waals surface area contributed by atoms with Crippen LogP contribution < -0.4 is 0 Å². The maximum absolute atomic E-state index is 6.38. The second kappa shape index (κ2) is 10.4. The van der Waals surface area contributed by atoms with Crippen molar-refractivity contribution in [3.05, 3.63) is 0 Å². The fourth-order valence-electron chi connectivity index (χ4n) is 2.06. The van der Waals surface area contributed by atoms with E-state index < -0.39 is 25.7 Å². The molecule has 0 aromatic heterocycles. The van der Waals surface area contributed by atoms with Gasteiger partial charge in [-0.2, -0.15) is 0 Å². The third-order valence-corrected chi connectivity index (χ3v) is 7.93. The van der Waals surface area contributed by atoms with Crippen LogP contribution in [0.2, 0.25) is 45.3 Å². The summed E-state index contributed by atoms with van der Waals surface area (Å²) in [5.41, 5.74) is 0. The van der Waals surface area contributed by atoms with Crippen LogP contribution in [0.1, 0.15) is 33.6 Å². The summed E-state index contributed by atoms with van der Waals surface area (Å²) in [6.07, 6.45) is 1.85. The molecule has 22 heavy (non-hydrogen) atoms. The summed E-state index contributed by atoms with van der Waals surface area (Å²) in [4.78, 5) is 0. The van der Waals surface area contributed by atoms with Crippen LogP contribution in [0.4, 0.5) is 0 Å². The van der Waals surface area contributed by atoms with Gasteiger partial charge < -0.3 is 18.0 Å². The summed E-state index contributed by atoms with van der Waals surface area (Å²) in [5.74, 6) is -0.146. The molecule has 0 aromatic carbocycles.